The van der Waals surface area contributed by atoms with Gasteiger partial charge in [0.05, 0.1) is 18.3 Å². The van der Waals surface area contributed by atoms with E-state index in [1.54, 1.807) is 0 Å². The maximum absolute atomic E-state index is 5.74. The van der Waals surface area contributed by atoms with E-state index in [-0.39, 0.29) is 0 Å². The van der Waals surface area contributed by atoms with Crippen LogP contribution in [0.25, 0.3) is 0 Å². The van der Waals surface area contributed by atoms with Crippen LogP contribution in [-0.4, -0.2) is 37.0 Å². The highest BCUT2D eigenvalue weighted by Crippen LogP contribution is 2.26. The second kappa shape index (κ2) is 5.48. The molecule has 0 aromatic carbocycles. The average molecular weight is 227 g/mol. The highest BCUT2D eigenvalue weighted by molar-refractivity contribution is 4.90. The number of nitrogens with one attached hydrogen (secondary N) is 1. The predicted molar refractivity (Wildman–Crippen MR) is 64.6 cm³/mol. The molecule has 0 amide bonds. The molecule has 0 bridgehead atoms. The number of hydrogen-bond acceptors (Lipinski definition) is 3. The van der Waals surface area contributed by atoms with Crippen molar-refractivity contribution < 1.29 is 9.47 Å². The second-order valence-corrected chi connectivity index (χ2v) is 5.34. The van der Waals surface area contributed by atoms with E-state index < -0.39 is 0 Å². The second-order valence-electron chi connectivity index (χ2n) is 5.34. The summed E-state index contributed by atoms with van der Waals surface area (Å²) in [5, 5.41) is 3.74. The normalized spacial score (nSPS) is 44.1. The van der Waals surface area contributed by atoms with Crippen LogP contribution in [0.4, 0.5) is 0 Å². The maximum atomic E-state index is 5.74. The summed E-state index contributed by atoms with van der Waals surface area (Å²) in [4.78, 5) is 0. The van der Waals surface area contributed by atoms with E-state index in [2.05, 4.69) is 26.1 Å². The lowest BCUT2D eigenvalue weighted by Crippen LogP contribution is -2.52. The largest absolute Gasteiger partial charge is 0.378 e. The molecule has 2 fully saturated rings. The number of rotatable bonds is 4. The molecule has 1 saturated carbocycles. The van der Waals surface area contributed by atoms with E-state index in [0.717, 1.165) is 19.4 Å². The molecule has 1 heterocycles. The summed E-state index contributed by atoms with van der Waals surface area (Å²) in [5.74, 6) is 0. The van der Waals surface area contributed by atoms with E-state index in [4.69, 9.17) is 9.47 Å². The first-order valence-electron chi connectivity index (χ1n) is 6.70. The predicted octanol–water partition coefficient (Wildman–Crippen LogP) is 2.10. The summed E-state index contributed by atoms with van der Waals surface area (Å²) in [7, 11) is 0. The topological polar surface area (TPSA) is 30.5 Å². The molecule has 1 saturated heterocycles. The van der Waals surface area contributed by atoms with Crippen LogP contribution in [0.1, 0.15) is 46.5 Å². The fourth-order valence-corrected chi connectivity index (χ4v) is 2.95. The van der Waals surface area contributed by atoms with Crippen LogP contribution in [-0.2, 0) is 9.47 Å². The Hall–Kier alpha value is -0.120. The van der Waals surface area contributed by atoms with Crippen molar-refractivity contribution in [3.63, 3.8) is 0 Å². The van der Waals surface area contributed by atoms with Gasteiger partial charge in [-0.25, -0.2) is 0 Å². The molecule has 1 N–H and O–H groups in total. The van der Waals surface area contributed by atoms with Crippen molar-refractivity contribution in [1.29, 1.82) is 0 Å². The molecule has 2 rings (SSSR count). The molecule has 1 aliphatic carbocycles. The Morgan fingerprint density at radius 2 is 1.62 bits per heavy atom. The van der Waals surface area contributed by atoms with Gasteiger partial charge >= 0.3 is 0 Å². The minimum Gasteiger partial charge on any atom is -0.378 e. The Morgan fingerprint density at radius 1 is 1.06 bits per heavy atom. The van der Waals surface area contributed by atoms with E-state index in [9.17, 15) is 0 Å². The summed E-state index contributed by atoms with van der Waals surface area (Å²) >= 11 is 0. The van der Waals surface area contributed by atoms with Crippen molar-refractivity contribution in [2.24, 2.45) is 0 Å². The summed E-state index contributed by atoms with van der Waals surface area (Å²) < 4.78 is 11.3. The molecule has 3 nitrogen and oxygen atoms in total. The molecular weight excluding hydrogens is 202 g/mol. The zero-order chi connectivity index (χ0) is 11.5. The van der Waals surface area contributed by atoms with Gasteiger partial charge < -0.3 is 14.8 Å². The van der Waals surface area contributed by atoms with Gasteiger partial charge in [-0.3, -0.25) is 0 Å². The summed E-state index contributed by atoms with van der Waals surface area (Å²) in [6, 6.07) is 1.32. The molecule has 0 spiro atoms. The first-order valence-corrected chi connectivity index (χ1v) is 6.70. The first kappa shape index (κ1) is 12.3. The van der Waals surface area contributed by atoms with Gasteiger partial charge in [-0.2, -0.15) is 0 Å². The van der Waals surface area contributed by atoms with Crippen LogP contribution in [0.15, 0.2) is 0 Å². The Balaban J connectivity index is 1.67. The van der Waals surface area contributed by atoms with Crippen LogP contribution >= 0.6 is 0 Å². The van der Waals surface area contributed by atoms with Gasteiger partial charge in [0, 0.05) is 18.7 Å². The Morgan fingerprint density at radius 3 is 2.19 bits per heavy atom. The molecule has 2 unspecified atom stereocenters. The smallest absolute Gasteiger partial charge is 0.0604 e. The third-order valence-electron chi connectivity index (χ3n) is 3.67. The lowest BCUT2D eigenvalue weighted by molar-refractivity contribution is -0.0542. The quantitative estimate of drug-likeness (QED) is 0.798. The van der Waals surface area contributed by atoms with Crippen molar-refractivity contribution in [2.45, 2.75) is 76.9 Å². The lowest BCUT2D eigenvalue weighted by Gasteiger charge is -2.41. The molecule has 3 heteroatoms. The highest BCUT2D eigenvalue weighted by atomic mass is 16.5. The van der Waals surface area contributed by atoms with Gasteiger partial charge in [-0.1, -0.05) is 0 Å². The third-order valence-corrected chi connectivity index (χ3v) is 3.67. The molecule has 2 atom stereocenters. The van der Waals surface area contributed by atoms with E-state index >= 15 is 0 Å². The first-order chi connectivity index (χ1) is 7.67. The van der Waals surface area contributed by atoms with Gasteiger partial charge in [0.1, 0.15) is 0 Å². The molecule has 1 aliphatic heterocycles. The summed E-state index contributed by atoms with van der Waals surface area (Å²) in [6.07, 6.45) is 6.01. The standard InChI is InChI=1S/C13H25NO2/c1-4-15-13-7-12(8-13)14-11-5-9(2)16-10(3)6-11/h9-14H,4-8H2,1-3H3. The van der Waals surface area contributed by atoms with E-state index in [1.165, 1.54) is 12.8 Å². The fourth-order valence-electron chi connectivity index (χ4n) is 2.95. The zero-order valence-electron chi connectivity index (χ0n) is 10.7. The number of ether oxygens (including phenoxy) is 2. The molecule has 94 valence electrons. The minimum atomic E-state index is 0.406. The van der Waals surface area contributed by atoms with Gasteiger partial charge in [0.25, 0.3) is 0 Å². The van der Waals surface area contributed by atoms with E-state index in [1.807, 2.05) is 0 Å². The van der Waals surface area contributed by atoms with Crippen molar-refractivity contribution in [1.82, 2.24) is 5.32 Å². The summed E-state index contributed by atoms with van der Waals surface area (Å²) in [6.45, 7) is 7.27. The van der Waals surface area contributed by atoms with Gasteiger partial charge in [0.2, 0.25) is 0 Å². The van der Waals surface area contributed by atoms with Crippen molar-refractivity contribution in [2.75, 3.05) is 6.61 Å². The van der Waals surface area contributed by atoms with Crippen molar-refractivity contribution in [3.8, 4) is 0 Å². The van der Waals surface area contributed by atoms with Crippen LogP contribution < -0.4 is 5.32 Å². The SMILES string of the molecule is CCOC1CC(NC2CC(C)OC(C)C2)C1. The average Bonchev–Trinajstić information content (AvgIpc) is 2.13. The molecule has 0 aromatic rings. The molecular formula is C13H25NO2. The summed E-state index contributed by atoms with van der Waals surface area (Å²) in [5.41, 5.74) is 0. The van der Waals surface area contributed by atoms with Crippen LogP contribution in [0, 0.1) is 0 Å². The van der Waals surface area contributed by atoms with Gasteiger partial charge in [0.15, 0.2) is 0 Å². The monoisotopic (exact) mass is 227 g/mol. The molecule has 0 aromatic heterocycles. The Bertz CT molecular complexity index is 206. The van der Waals surface area contributed by atoms with Gasteiger partial charge in [-0.15, -0.1) is 0 Å². The third kappa shape index (κ3) is 3.19. The maximum Gasteiger partial charge on any atom is 0.0604 e. The minimum absolute atomic E-state index is 0.406. The van der Waals surface area contributed by atoms with Crippen LogP contribution in [0.3, 0.4) is 0 Å². The molecule has 0 radical (unpaired) electrons. The van der Waals surface area contributed by atoms with Gasteiger partial charge in [-0.05, 0) is 46.5 Å². The number of hydrogen-bond donors (Lipinski definition) is 1. The highest BCUT2D eigenvalue weighted by Gasteiger charge is 2.33. The molecule has 2 aliphatic rings. The Kier molecular flexibility index (Phi) is 4.22. The zero-order valence-corrected chi connectivity index (χ0v) is 10.7. The van der Waals surface area contributed by atoms with Crippen LogP contribution in [0.2, 0.25) is 0 Å². The van der Waals surface area contributed by atoms with Crippen molar-refractivity contribution >= 4 is 0 Å². The van der Waals surface area contributed by atoms with Crippen molar-refractivity contribution in [3.05, 3.63) is 0 Å². The fraction of sp³-hybridized carbons (Fsp3) is 1.00. The Labute approximate surface area is 98.9 Å². The lowest BCUT2D eigenvalue weighted by atomic mass is 9.87. The van der Waals surface area contributed by atoms with Crippen LogP contribution in [0.5, 0.6) is 0 Å². The molecule has 16 heavy (non-hydrogen) atoms. The van der Waals surface area contributed by atoms with E-state index in [0.29, 0.717) is 30.4 Å².